The molecule has 2 heterocycles. The monoisotopic (exact) mass is 409 g/mol. The van der Waals surface area contributed by atoms with Gasteiger partial charge in [0.15, 0.2) is 0 Å². The highest BCUT2D eigenvalue weighted by Gasteiger charge is 2.32. The lowest BCUT2D eigenvalue weighted by molar-refractivity contribution is -0.156. The molecule has 0 saturated carbocycles. The number of nitrogens with one attached hydrogen (secondary N) is 2. The number of likely N-dealkylation sites (N-methyl/N-ethyl adjacent to an activating group) is 1. The Labute approximate surface area is 171 Å². The molecule has 1 aliphatic heterocycles. The number of nitrogens with zero attached hydrogens (tertiary/aromatic N) is 3. The van der Waals surface area contributed by atoms with E-state index in [4.69, 9.17) is 0 Å². The number of anilines is 1. The van der Waals surface area contributed by atoms with E-state index in [0.717, 1.165) is 5.56 Å². The van der Waals surface area contributed by atoms with Crippen molar-refractivity contribution in [2.75, 3.05) is 31.5 Å². The quantitative estimate of drug-likeness (QED) is 0.630. The molecule has 8 nitrogen and oxygen atoms in total. The third-order valence-electron chi connectivity index (χ3n) is 5.00. The van der Waals surface area contributed by atoms with Crippen LogP contribution < -0.4 is 5.32 Å². The average molecular weight is 409 g/mol. The lowest BCUT2D eigenvalue weighted by Crippen LogP contribution is -2.55. The summed E-state index contributed by atoms with van der Waals surface area (Å²) in [6, 6.07) is 11.2. The van der Waals surface area contributed by atoms with Crippen molar-refractivity contribution in [3.63, 3.8) is 0 Å². The first-order chi connectivity index (χ1) is 14.4. The molecule has 2 N–H and O–H groups in total. The summed E-state index contributed by atoms with van der Waals surface area (Å²) in [5.41, 5.74) is 2.68. The Hall–Kier alpha value is -3.75. The minimum absolute atomic E-state index is 0.191. The maximum Gasteiger partial charge on any atom is 0.312 e. The van der Waals surface area contributed by atoms with Crippen molar-refractivity contribution in [3.05, 3.63) is 48.3 Å². The van der Waals surface area contributed by atoms with Gasteiger partial charge >= 0.3 is 11.8 Å². The van der Waals surface area contributed by atoms with Crippen molar-refractivity contribution in [1.82, 2.24) is 19.8 Å². The second kappa shape index (κ2) is 7.94. The van der Waals surface area contributed by atoms with Gasteiger partial charge in [0.25, 0.3) is 0 Å². The summed E-state index contributed by atoms with van der Waals surface area (Å²) >= 11 is 0. The molecule has 9 heteroatoms. The first kappa shape index (κ1) is 19.6. The summed E-state index contributed by atoms with van der Waals surface area (Å²) in [6.07, 6.45) is 0. The number of imidazole rings is 1. The molecular formula is C21H20FN5O3. The van der Waals surface area contributed by atoms with Crippen LogP contribution in [-0.4, -0.2) is 63.7 Å². The van der Waals surface area contributed by atoms with Gasteiger partial charge in [-0.3, -0.25) is 14.4 Å². The molecule has 0 radical (unpaired) electrons. The van der Waals surface area contributed by atoms with Crippen molar-refractivity contribution in [2.45, 2.75) is 6.92 Å². The van der Waals surface area contributed by atoms with E-state index in [1.165, 1.54) is 21.9 Å². The highest BCUT2D eigenvalue weighted by Crippen LogP contribution is 2.23. The molecule has 1 fully saturated rings. The zero-order valence-electron chi connectivity index (χ0n) is 16.3. The number of amides is 3. The predicted molar refractivity (Wildman–Crippen MR) is 109 cm³/mol. The predicted octanol–water partition coefficient (Wildman–Crippen LogP) is 2.00. The van der Waals surface area contributed by atoms with E-state index in [9.17, 15) is 18.8 Å². The van der Waals surface area contributed by atoms with Gasteiger partial charge in [0.2, 0.25) is 5.91 Å². The van der Waals surface area contributed by atoms with E-state index >= 15 is 0 Å². The summed E-state index contributed by atoms with van der Waals surface area (Å²) in [5, 5.41) is 2.74. The van der Waals surface area contributed by atoms with Crippen LogP contribution in [-0.2, 0) is 14.4 Å². The zero-order chi connectivity index (χ0) is 21.3. The third-order valence-corrected chi connectivity index (χ3v) is 5.00. The lowest BCUT2D eigenvalue weighted by Gasteiger charge is -2.32. The van der Waals surface area contributed by atoms with Crippen LogP contribution in [0.2, 0.25) is 0 Å². The largest absolute Gasteiger partial charge is 0.338 e. The second-order valence-corrected chi connectivity index (χ2v) is 6.98. The Morgan fingerprint density at radius 3 is 2.53 bits per heavy atom. The molecule has 3 aromatic rings. The number of H-pyrrole nitrogens is 1. The van der Waals surface area contributed by atoms with E-state index in [-0.39, 0.29) is 12.4 Å². The van der Waals surface area contributed by atoms with Gasteiger partial charge in [-0.1, -0.05) is 0 Å². The number of halogens is 1. The number of hydrogen-bond acceptors (Lipinski definition) is 4. The lowest BCUT2D eigenvalue weighted by atomic mass is 10.2. The van der Waals surface area contributed by atoms with Gasteiger partial charge in [-0.2, -0.15) is 0 Å². The molecule has 0 bridgehead atoms. The van der Waals surface area contributed by atoms with Crippen LogP contribution in [0.15, 0.2) is 42.5 Å². The molecular weight excluding hydrogens is 389 g/mol. The second-order valence-electron chi connectivity index (χ2n) is 6.98. The molecule has 0 unspecified atom stereocenters. The first-order valence-electron chi connectivity index (χ1n) is 9.58. The fourth-order valence-electron chi connectivity index (χ4n) is 3.37. The Morgan fingerprint density at radius 1 is 1.10 bits per heavy atom. The van der Waals surface area contributed by atoms with Gasteiger partial charge in [-0.15, -0.1) is 0 Å². The van der Waals surface area contributed by atoms with Crippen molar-refractivity contribution < 1.29 is 18.8 Å². The molecule has 2 aromatic carbocycles. The maximum atomic E-state index is 13.1. The minimum atomic E-state index is -0.661. The number of carbonyl (C=O) groups excluding carboxylic acids is 3. The van der Waals surface area contributed by atoms with Gasteiger partial charge in [-0.25, -0.2) is 9.37 Å². The number of carbonyl (C=O) groups is 3. The smallest absolute Gasteiger partial charge is 0.312 e. The minimum Gasteiger partial charge on any atom is -0.338 e. The molecule has 3 amide bonds. The van der Waals surface area contributed by atoms with E-state index < -0.39 is 17.7 Å². The van der Waals surface area contributed by atoms with Crippen LogP contribution in [0, 0.1) is 5.82 Å². The number of aromatic amines is 1. The molecule has 0 aliphatic carbocycles. The Balaban J connectivity index is 1.45. The molecule has 0 spiro atoms. The standard InChI is InChI=1S/C21H20FN5O3/c1-2-26-9-10-27(21(30)20(26)29)12-18(28)23-15-7-8-16-17(11-15)25-19(24-16)13-3-5-14(22)6-4-13/h3-8,11H,2,9-10,12H2,1H3,(H,23,28)(H,24,25). The summed E-state index contributed by atoms with van der Waals surface area (Å²) in [4.78, 5) is 46.8. The van der Waals surface area contributed by atoms with Gasteiger partial charge < -0.3 is 20.1 Å². The van der Waals surface area contributed by atoms with E-state index in [2.05, 4.69) is 15.3 Å². The maximum absolute atomic E-state index is 13.1. The van der Waals surface area contributed by atoms with Crippen molar-refractivity contribution >= 4 is 34.4 Å². The number of fused-ring (bicyclic) bond motifs is 1. The first-order valence-corrected chi connectivity index (χ1v) is 9.58. The van der Waals surface area contributed by atoms with Crippen molar-refractivity contribution in [2.24, 2.45) is 0 Å². The van der Waals surface area contributed by atoms with E-state index in [0.29, 0.717) is 42.2 Å². The van der Waals surface area contributed by atoms with E-state index in [1.54, 1.807) is 37.3 Å². The van der Waals surface area contributed by atoms with Crippen molar-refractivity contribution in [1.29, 1.82) is 0 Å². The molecule has 30 heavy (non-hydrogen) atoms. The molecule has 0 atom stereocenters. The van der Waals surface area contributed by atoms with Crippen LogP contribution in [0.4, 0.5) is 10.1 Å². The summed E-state index contributed by atoms with van der Waals surface area (Å²) < 4.78 is 13.1. The number of hydrogen-bond donors (Lipinski definition) is 2. The van der Waals surface area contributed by atoms with Crippen LogP contribution >= 0.6 is 0 Å². The average Bonchev–Trinajstić information content (AvgIpc) is 3.15. The molecule has 1 aromatic heterocycles. The number of rotatable bonds is 5. The number of benzene rings is 2. The molecule has 4 rings (SSSR count). The Morgan fingerprint density at radius 2 is 1.80 bits per heavy atom. The number of aromatic nitrogens is 2. The summed E-state index contributed by atoms with van der Waals surface area (Å²) in [5.74, 6) is -1.36. The highest BCUT2D eigenvalue weighted by atomic mass is 19.1. The fourth-order valence-corrected chi connectivity index (χ4v) is 3.37. The van der Waals surface area contributed by atoms with Gasteiger partial charge in [0.05, 0.1) is 11.0 Å². The molecule has 1 saturated heterocycles. The summed E-state index contributed by atoms with van der Waals surface area (Å²) in [7, 11) is 0. The molecule has 1 aliphatic rings. The fraction of sp³-hybridized carbons (Fsp3) is 0.238. The zero-order valence-corrected chi connectivity index (χ0v) is 16.3. The number of piperazine rings is 1. The Bertz CT molecular complexity index is 1130. The SMILES string of the molecule is CCN1CCN(CC(=O)Nc2ccc3nc(-c4ccc(F)cc4)[nH]c3c2)C(=O)C1=O. The van der Waals surface area contributed by atoms with Crippen molar-refractivity contribution in [3.8, 4) is 11.4 Å². The van der Waals surface area contributed by atoms with Crippen LogP contribution in [0.5, 0.6) is 0 Å². The Kier molecular flexibility index (Phi) is 5.18. The highest BCUT2D eigenvalue weighted by molar-refractivity contribution is 6.35. The van der Waals surface area contributed by atoms with Gasteiger partial charge in [0, 0.05) is 30.9 Å². The van der Waals surface area contributed by atoms with E-state index in [1.807, 2.05) is 0 Å². The van der Waals surface area contributed by atoms with Crippen LogP contribution in [0.1, 0.15) is 6.92 Å². The topological polar surface area (TPSA) is 98.4 Å². The van der Waals surface area contributed by atoms with Crippen LogP contribution in [0.25, 0.3) is 22.4 Å². The summed E-state index contributed by atoms with van der Waals surface area (Å²) in [6.45, 7) is 2.83. The van der Waals surface area contributed by atoms with Crippen LogP contribution in [0.3, 0.4) is 0 Å². The van der Waals surface area contributed by atoms with Gasteiger partial charge in [0.1, 0.15) is 18.2 Å². The third kappa shape index (κ3) is 3.86. The normalized spacial score (nSPS) is 14.5. The van der Waals surface area contributed by atoms with Gasteiger partial charge in [-0.05, 0) is 49.4 Å². The molecule has 154 valence electrons.